The second-order valence-electron chi connectivity index (χ2n) is 4.24. The summed E-state index contributed by atoms with van der Waals surface area (Å²) in [6.07, 6.45) is 2.54. The molecule has 1 saturated carbocycles. The van der Waals surface area contributed by atoms with Crippen molar-refractivity contribution in [1.82, 2.24) is 20.5 Å². The monoisotopic (exact) mass is 248 g/mol. The molecule has 0 unspecified atom stereocenters. The van der Waals surface area contributed by atoms with Gasteiger partial charge < -0.3 is 5.32 Å². The molecule has 0 spiro atoms. The Balaban J connectivity index is 1.77. The normalized spacial score (nSPS) is 15.1. The van der Waals surface area contributed by atoms with Gasteiger partial charge in [0.25, 0.3) is 0 Å². The second-order valence-corrected chi connectivity index (χ2v) is 4.65. The zero-order valence-electron chi connectivity index (χ0n) is 9.28. The molecule has 1 aromatic heterocycles. The van der Waals surface area contributed by atoms with Crippen molar-refractivity contribution in [2.45, 2.75) is 25.4 Å². The van der Waals surface area contributed by atoms with Gasteiger partial charge in [0.05, 0.1) is 11.6 Å². The van der Waals surface area contributed by atoms with Crippen LogP contribution in [-0.2, 0) is 6.54 Å². The Hall–Kier alpha value is -1.39. The van der Waals surface area contributed by atoms with Crippen LogP contribution in [0.25, 0.3) is 11.4 Å². The number of halogens is 1. The summed E-state index contributed by atoms with van der Waals surface area (Å²) in [5.41, 5.74) is 0.864. The van der Waals surface area contributed by atoms with Crippen LogP contribution in [0.1, 0.15) is 18.7 Å². The van der Waals surface area contributed by atoms with Gasteiger partial charge in [-0.1, -0.05) is 23.7 Å². The molecule has 1 aliphatic carbocycles. The van der Waals surface area contributed by atoms with Crippen LogP contribution in [0.15, 0.2) is 24.3 Å². The Morgan fingerprint density at radius 3 is 2.94 bits per heavy atom. The highest BCUT2D eigenvalue weighted by Gasteiger charge is 2.20. The van der Waals surface area contributed by atoms with E-state index in [9.17, 15) is 0 Å². The predicted octanol–water partition coefficient (Wildman–Crippen LogP) is 2.38. The van der Waals surface area contributed by atoms with Gasteiger partial charge in [0, 0.05) is 11.6 Å². The third-order valence-electron chi connectivity index (χ3n) is 2.78. The predicted molar refractivity (Wildman–Crippen MR) is 66.7 cm³/mol. The minimum Gasteiger partial charge on any atom is -0.307 e. The van der Waals surface area contributed by atoms with Gasteiger partial charge in [-0.3, -0.25) is 5.10 Å². The van der Waals surface area contributed by atoms with Crippen LogP contribution in [0.4, 0.5) is 0 Å². The topological polar surface area (TPSA) is 53.6 Å². The van der Waals surface area contributed by atoms with Gasteiger partial charge in [-0.25, -0.2) is 4.98 Å². The molecule has 0 aliphatic heterocycles. The highest BCUT2D eigenvalue weighted by molar-refractivity contribution is 6.33. The number of rotatable bonds is 4. The first-order chi connectivity index (χ1) is 8.33. The minimum absolute atomic E-state index is 0.656. The van der Waals surface area contributed by atoms with Gasteiger partial charge in [0.1, 0.15) is 5.82 Å². The van der Waals surface area contributed by atoms with Crippen LogP contribution < -0.4 is 5.32 Å². The smallest absolute Gasteiger partial charge is 0.182 e. The van der Waals surface area contributed by atoms with E-state index >= 15 is 0 Å². The minimum atomic E-state index is 0.656. The van der Waals surface area contributed by atoms with Gasteiger partial charge in [-0.2, -0.15) is 5.10 Å². The summed E-state index contributed by atoms with van der Waals surface area (Å²) in [7, 11) is 0. The number of hydrogen-bond acceptors (Lipinski definition) is 3. The Kier molecular flexibility index (Phi) is 2.82. The van der Waals surface area contributed by atoms with Gasteiger partial charge in [-0.05, 0) is 25.0 Å². The third kappa shape index (κ3) is 2.48. The summed E-state index contributed by atoms with van der Waals surface area (Å²) in [4.78, 5) is 4.43. The summed E-state index contributed by atoms with van der Waals surface area (Å²) < 4.78 is 0. The van der Waals surface area contributed by atoms with E-state index in [0.717, 1.165) is 17.9 Å². The molecule has 0 saturated heterocycles. The number of H-pyrrole nitrogens is 1. The molecule has 0 atom stereocenters. The summed E-state index contributed by atoms with van der Waals surface area (Å²) in [6.45, 7) is 0.738. The Labute approximate surface area is 104 Å². The van der Waals surface area contributed by atoms with Crippen molar-refractivity contribution in [2.75, 3.05) is 0 Å². The van der Waals surface area contributed by atoms with Gasteiger partial charge in [0.15, 0.2) is 5.82 Å². The summed E-state index contributed by atoms with van der Waals surface area (Å²) in [5, 5.41) is 11.2. The fourth-order valence-electron chi connectivity index (χ4n) is 1.67. The molecule has 3 rings (SSSR count). The second kappa shape index (κ2) is 4.47. The number of hydrogen-bond donors (Lipinski definition) is 2. The van der Waals surface area contributed by atoms with Crippen LogP contribution in [0.3, 0.4) is 0 Å². The molecule has 2 N–H and O–H groups in total. The molecule has 1 heterocycles. The zero-order chi connectivity index (χ0) is 11.7. The molecule has 17 heavy (non-hydrogen) atoms. The van der Waals surface area contributed by atoms with Crippen LogP contribution in [-0.4, -0.2) is 21.2 Å². The van der Waals surface area contributed by atoms with Crippen molar-refractivity contribution in [3.63, 3.8) is 0 Å². The largest absolute Gasteiger partial charge is 0.307 e. The van der Waals surface area contributed by atoms with Crippen molar-refractivity contribution in [2.24, 2.45) is 0 Å². The van der Waals surface area contributed by atoms with E-state index in [1.165, 1.54) is 12.8 Å². The first-order valence-corrected chi connectivity index (χ1v) is 6.10. The Bertz CT molecular complexity index is 519. The third-order valence-corrected chi connectivity index (χ3v) is 3.11. The quantitative estimate of drug-likeness (QED) is 0.874. The maximum Gasteiger partial charge on any atom is 0.182 e. The van der Waals surface area contributed by atoms with Crippen LogP contribution >= 0.6 is 11.6 Å². The van der Waals surface area contributed by atoms with Gasteiger partial charge in [-0.15, -0.1) is 0 Å². The molecular formula is C12H13ClN4. The van der Waals surface area contributed by atoms with Crippen molar-refractivity contribution >= 4 is 11.6 Å². The van der Waals surface area contributed by atoms with E-state index in [0.29, 0.717) is 16.9 Å². The fraction of sp³-hybridized carbons (Fsp3) is 0.333. The molecule has 5 heteroatoms. The SMILES string of the molecule is Clc1ccccc1-c1n[nH]c(CNC2CC2)n1. The fourth-order valence-corrected chi connectivity index (χ4v) is 1.89. The van der Waals surface area contributed by atoms with Crippen molar-refractivity contribution < 1.29 is 0 Å². The van der Waals surface area contributed by atoms with E-state index in [4.69, 9.17) is 11.6 Å². The summed E-state index contributed by atoms with van der Waals surface area (Å²) >= 11 is 6.10. The summed E-state index contributed by atoms with van der Waals surface area (Å²) in [5.74, 6) is 1.51. The lowest BCUT2D eigenvalue weighted by atomic mass is 10.2. The molecule has 1 aromatic carbocycles. The van der Waals surface area contributed by atoms with Crippen molar-refractivity contribution in [1.29, 1.82) is 0 Å². The zero-order valence-corrected chi connectivity index (χ0v) is 10.0. The molecule has 1 fully saturated rings. The van der Waals surface area contributed by atoms with Gasteiger partial charge in [0.2, 0.25) is 0 Å². The number of nitrogens with one attached hydrogen (secondary N) is 2. The van der Waals surface area contributed by atoms with Gasteiger partial charge >= 0.3 is 0 Å². The molecular weight excluding hydrogens is 236 g/mol. The molecule has 0 radical (unpaired) electrons. The van der Waals surface area contributed by atoms with Crippen LogP contribution in [0.2, 0.25) is 5.02 Å². The molecule has 1 aliphatic rings. The Morgan fingerprint density at radius 2 is 2.18 bits per heavy atom. The standard InChI is InChI=1S/C12H13ClN4/c13-10-4-2-1-3-9(10)12-15-11(16-17-12)7-14-8-5-6-8/h1-4,8,14H,5-7H2,(H,15,16,17). The Morgan fingerprint density at radius 1 is 1.35 bits per heavy atom. The first-order valence-electron chi connectivity index (χ1n) is 5.72. The molecule has 2 aromatic rings. The summed E-state index contributed by atoms with van der Waals surface area (Å²) in [6, 6.07) is 8.26. The van der Waals surface area contributed by atoms with Crippen LogP contribution in [0, 0.1) is 0 Å². The average molecular weight is 249 g/mol. The number of benzene rings is 1. The van der Waals surface area contributed by atoms with E-state index in [-0.39, 0.29) is 0 Å². The average Bonchev–Trinajstić information content (AvgIpc) is 3.06. The highest BCUT2D eigenvalue weighted by atomic mass is 35.5. The van der Waals surface area contributed by atoms with E-state index in [1.54, 1.807) is 0 Å². The van der Waals surface area contributed by atoms with Crippen molar-refractivity contribution in [3.8, 4) is 11.4 Å². The van der Waals surface area contributed by atoms with E-state index < -0.39 is 0 Å². The molecule has 4 nitrogen and oxygen atoms in total. The lowest BCUT2D eigenvalue weighted by Gasteiger charge is -1.98. The molecule has 0 amide bonds. The van der Waals surface area contributed by atoms with E-state index in [2.05, 4.69) is 20.5 Å². The molecule has 88 valence electrons. The highest BCUT2D eigenvalue weighted by Crippen LogP contribution is 2.24. The maximum atomic E-state index is 6.10. The van der Waals surface area contributed by atoms with Crippen LogP contribution in [0.5, 0.6) is 0 Å². The maximum absolute atomic E-state index is 6.10. The lowest BCUT2D eigenvalue weighted by molar-refractivity contribution is 0.660. The first kappa shape index (κ1) is 10.7. The lowest BCUT2D eigenvalue weighted by Crippen LogP contribution is -2.16. The van der Waals surface area contributed by atoms with E-state index in [1.807, 2.05) is 24.3 Å². The number of aromatic nitrogens is 3. The number of aromatic amines is 1. The van der Waals surface area contributed by atoms with Crippen molar-refractivity contribution in [3.05, 3.63) is 35.1 Å². The number of nitrogens with zero attached hydrogens (tertiary/aromatic N) is 2. The molecule has 0 bridgehead atoms.